The highest BCUT2D eigenvalue weighted by atomic mass is 16.3. The van der Waals surface area contributed by atoms with Gasteiger partial charge in [0.25, 0.3) is 5.91 Å². The number of carbonyl (C=O) groups is 1. The van der Waals surface area contributed by atoms with Gasteiger partial charge in [0.1, 0.15) is 0 Å². The van der Waals surface area contributed by atoms with Gasteiger partial charge in [-0.1, -0.05) is 72.8 Å². The molecule has 0 saturated carbocycles. The minimum atomic E-state index is -0.546. The Morgan fingerprint density at radius 2 is 1.45 bits per heavy atom. The van der Waals surface area contributed by atoms with Crippen molar-refractivity contribution in [2.24, 2.45) is 9.98 Å². The van der Waals surface area contributed by atoms with Crippen LogP contribution < -0.4 is 16.0 Å². The summed E-state index contributed by atoms with van der Waals surface area (Å²) in [6.45, 7) is -0.234. The summed E-state index contributed by atoms with van der Waals surface area (Å²) in [6.07, 6.45) is 0. The van der Waals surface area contributed by atoms with E-state index in [1.807, 2.05) is 84.9 Å². The Morgan fingerprint density at radius 1 is 0.816 bits per heavy atom. The Kier molecular flexibility index (Phi) is 6.03. The van der Waals surface area contributed by atoms with E-state index in [2.05, 4.69) is 10.3 Å². The number of nitrogens with zero attached hydrogens (tertiary/aromatic N) is 2. The van der Waals surface area contributed by atoms with Crippen molar-refractivity contribution in [2.75, 3.05) is 6.61 Å². The molecule has 1 atom stereocenters. The van der Waals surface area contributed by atoms with Gasteiger partial charge in [-0.3, -0.25) is 4.79 Å². The Balaban J connectivity index is 1.48. The van der Waals surface area contributed by atoms with E-state index < -0.39 is 6.04 Å². The van der Waals surface area contributed by atoms with Crippen LogP contribution >= 0.6 is 0 Å². The number of fused-ring (bicyclic) bond motifs is 2. The fourth-order valence-corrected chi connectivity index (χ4v) is 4.74. The lowest BCUT2D eigenvalue weighted by atomic mass is 9.96. The van der Waals surface area contributed by atoms with E-state index in [9.17, 15) is 15.0 Å². The van der Waals surface area contributed by atoms with E-state index in [1.165, 1.54) is 0 Å². The highest BCUT2D eigenvalue weighted by Gasteiger charge is 2.23. The van der Waals surface area contributed by atoms with Crippen LogP contribution in [0.25, 0.3) is 16.5 Å². The molecule has 0 bridgehead atoms. The first-order chi connectivity index (χ1) is 18.6. The lowest BCUT2D eigenvalue weighted by Gasteiger charge is -2.17. The maximum Gasteiger partial charge on any atom is 0.251 e. The molecule has 7 nitrogen and oxygen atoms in total. The Labute approximate surface area is 218 Å². The van der Waals surface area contributed by atoms with Gasteiger partial charge in [-0.15, -0.1) is 0 Å². The zero-order chi connectivity index (χ0) is 26.1. The van der Waals surface area contributed by atoms with Crippen molar-refractivity contribution >= 4 is 22.4 Å². The third kappa shape index (κ3) is 4.25. The normalized spacial score (nSPS) is 12.9. The summed E-state index contributed by atoms with van der Waals surface area (Å²) in [7, 11) is 0. The summed E-state index contributed by atoms with van der Waals surface area (Å²) in [4.78, 5) is 25.8. The fraction of sp³-hybridized carbons (Fsp3) is 0.0645. The quantitative estimate of drug-likeness (QED) is 0.283. The molecule has 0 unspecified atom stereocenters. The lowest BCUT2D eigenvalue weighted by molar-refractivity contribution is 0.0916. The Morgan fingerprint density at radius 3 is 2.11 bits per heavy atom. The number of carbonyl (C=O) groups excluding carboxylic acids is 1. The fourth-order valence-electron chi connectivity index (χ4n) is 4.74. The van der Waals surface area contributed by atoms with Crippen molar-refractivity contribution in [3.05, 3.63) is 142 Å². The van der Waals surface area contributed by atoms with E-state index in [0.717, 1.165) is 21.8 Å². The van der Waals surface area contributed by atoms with Crippen LogP contribution in [0.2, 0.25) is 0 Å². The van der Waals surface area contributed by atoms with E-state index in [4.69, 9.17) is 9.98 Å². The summed E-state index contributed by atoms with van der Waals surface area (Å²) in [6, 6.07) is 31.2. The van der Waals surface area contributed by atoms with Crippen LogP contribution in [0, 0.1) is 0 Å². The van der Waals surface area contributed by atoms with Crippen LogP contribution in [0.5, 0.6) is 5.88 Å². The Hall–Kier alpha value is -5.01. The van der Waals surface area contributed by atoms with Gasteiger partial charge >= 0.3 is 0 Å². The van der Waals surface area contributed by atoms with Gasteiger partial charge in [0.2, 0.25) is 0 Å². The maximum atomic E-state index is 13.2. The van der Waals surface area contributed by atoms with Crippen molar-refractivity contribution in [3.8, 4) is 5.88 Å². The van der Waals surface area contributed by atoms with Crippen LogP contribution in [-0.2, 0) is 0 Å². The van der Waals surface area contributed by atoms with Gasteiger partial charge in [0.15, 0.2) is 11.7 Å². The van der Waals surface area contributed by atoms with E-state index in [0.29, 0.717) is 33.4 Å². The standard InChI is InChI=1S/C31H24N4O3/c36-18-26(19-9-3-1-4-10-19)35-30(37)21-15-16-23-22(17-21)28(31(38)34-23)27(20-11-5-2-6-12-20)29-32-24-13-7-8-14-25(24)33-29/h1-17,26,34,36,38H,18H2,(H,35,37)/t26-/m1/s1. The van der Waals surface area contributed by atoms with E-state index >= 15 is 0 Å². The maximum absolute atomic E-state index is 13.2. The largest absolute Gasteiger partial charge is 0.494 e. The molecule has 4 N–H and O–H groups in total. The highest BCUT2D eigenvalue weighted by Crippen LogP contribution is 2.39. The van der Waals surface area contributed by atoms with Crippen molar-refractivity contribution in [1.82, 2.24) is 10.3 Å². The summed E-state index contributed by atoms with van der Waals surface area (Å²) < 4.78 is 0. The molecular weight excluding hydrogens is 476 g/mol. The second-order valence-corrected chi connectivity index (χ2v) is 9.01. The topological polar surface area (TPSA) is 110 Å². The molecule has 6 rings (SSSR count). The van der Waals surface area contributed by atoms with Crippen LogP contribution in [0.4, 0.5) is 0 Å². The second-order valence-electron chi connectivity index (χ2n) is 9.01. The number of amides is 1. The first-order valence-corrected chi connectivity index (χ1v) is 12.3. The molecule has 0 spiro atoms. The zero-order valence-electron chi connectivity index (χ0n) is 20.3. The molecule has 1 aliphatic heterocycles. The molecule has 0 fully saturated rings. The molecule has 2 heterocycles. The molecule has 4 aromatic carbocycles. The van der Waals surface area contributed by atoms with Crippen molar-refractivity contribution in [1.29, 1.82) is 0 Å². The number of aromatic amines is 1. The molecular formula is C31H24N4O3. The van der Waals surface area contributed by atoms with Crippen LogP contribution in [0.3, 0.4) is 0 Å². The molecule has 1 aromatic heterocycles. The van der Waals surface area contributed by atoms with Gasteiger partial charge < -0.3 is 20.5 Å². The summed E-state index contributed by atoms with van der Waals surface area (Å²) in [5, 5.41) is 26.1. The number of para-hydroxylation sites is 2. The molecule has 38 heavy (non-hydrogen) atoms. The number of nitrogens with one attached hydrogen (secondary N) is 2. The van der Waals surface area contributed by atoms with Gasteiger partial charge in [0.05, 0.1) is 28.9 Å². The molecule has 1 amide bonds. The van der Waals surface area contributed by atoms with Crippen molar-refractivity contribution in [3.63, 3.8) is 0 Å². The predicted octanol–water partition coefficient (Wildman–Crippen LogP) is 4.01. The molecule has 0 aliphatic carbocycles. The summed E-state index contributed by atoms with van der Waals surface area (Å²) in [5.74, 6) is 0.105. The number of hydrogen-bond acceptors (Lipinski definition) is 5. The highest BCUT2D eigenvalue weighted by molar-refractivity contribution is 6.04. The minimum absolute atomic E-state index is 0.0391. The average molecular weight is 501 g/mol. The number of H-pyrrole nitrogens is 1. The molecule has 7 heteroatoms. The molecule has 5 aromatic rings. The second kappa shape index (κ2) is 9.80. The first-order valence-electron chi connectivity index (χ1n) is 12.3. The van der Waals surface area contributed by atoms with E-state index in [-0.39, 0.29) is 18.4 Å². The zero-order valence-corrected chi connectivity index (χ0v) is 20.3. The van der Waals surface area contributed by atoms with Gasteiger partial charge in [-0.2, -0.15) is 0 Å². The summed E-state index contributed by atoms with van der Waals surface area (Å²) >= 11 is 0. The monoisotopic (exact) mass is 500 g/mol. The lowest BCUT2D eigenvalue weighted by Crippen LogP contribution is -2.30. The third-order valence-corrected chi connectivity index (χ3v) is 6.60. The minimum Gasteiger partial charge on any atom is -0.494 e. The SMILES string of the molecule is O=C(N[C@H](CO)c1ccccc1)c1ccc2[nH]c(O)c(C(=C3N=c4ccccc4=N3)c3ccccc3)c2c1. The average Bonchev–Trinajstić information content (AvgIpc) is 3.53. The predicted molar refractivity (Wildman–Crippen MR) is 145 cm³/mol. The van der Waals surface area contributed by atoms with Crippen LogP contribution in [0.15, 0.2) is 119 Å². The van der Waals surface area contributed by atoms with Crippen LogP contribution in [-0.4, -0.2) is 27.7 Å². The van der Waals surface area contributed by atoms with Gasteiger partial charge in [-0.05, 0) is 41.5 Å². The summed E-state index contributed by atoms with van der Waals surface area (Å²) in [5.41, 5.74) is 3.87. The number of aromatic hydroxyl groups is 1. The van der Waals surface area contributed by atoms with Crippen LogP contribution in [0.1, 0.15) is 33.1 Å². The number of aromatic nitrogens is 1. The molecule has 0 radical (unpaired) electrons. The van der Waals surface area contributed by atoms with Gasteiger partial charge in [-0.25, -0.2) is 9.98 Å². The third-order valence-electron chi connectivity index (χ3n) is 6.60. The first kappa shape index (κ1) is 23.4. The van der Waals surface area contributed by atoms with Gasteiger partial charge in [0, 0.05) is 22.0 Å². The van der Waals surface area contributed by atoms with Crippen molar-refractivity contribution in [2.45, 2.75) is 6.04 Å². The number of aliphatic hydroxyl groups excluding tert-OH is 1. The number of hydrogen-bond donors (Lipinski definition) is 4. The molecule has 186 valence electrons. The van der Waals surface area contributed by atoms with Crippen molar-refractivity contribution < 1.29 is 15.0 Å². The Bertz CT molecular complexity index is 1770. The molecule has 1 aliphatic rings. The smallest absolute Gasteiger partial charge is 0.251 e. The molecule has 0 saturated heterocycles. The number of aliphatic hydroxyl groups is 1. The van der Waals surface area contributed by atoms with E-state index in [1.54, 1.807) is 18.2 Å². The number of benzene rings is 4. The number of rotatable bonds is 6.